The van der Waals surface area contributed by atoms with Gasteiger partial charge in [0.15, 0.2) is 5.82 Å². The van der Waals surface area contributed by atoms with Gasteiger partial charge in [-0.1, -0.05) is 41.4 Å². The quantitative estimate of drug-likeness (QED) is 0.139. The highest BCUT2D eigenvalue weighted by Crippen LogP contribution is 2.40. The number of amides is 1. The molecular formula is C36H41Cl2N7O5. The van der Waals surface area contributed by atoms with Crippen LogP contribution in [0.2, 0.25) is 10.0 Å². The van der Waals surface area contributed by atoms with Crippen LogP contribution in [-0.2, 0) is 31.4 Å². The maximum absolute atomic E-state index is 13.6. The van der Waals surface area contributed by atoms with Gasteiger partial charge in [-0.3, -0.25) is 19.5 Å². The summed E-state index contributed by atoms with van der Waals surface area (Å²) in [6.45, 7) is 3.38. The van der Waals surface area contributed by atoms with E-state index in [1.165, 1.54) is 0 Å². The van der Waals surface area contributed by atoms with E-state index in [2.05, 4.69) is 25.5 Å². The predicted molar refractivity (Wildman–Crippen MR) is 191 cm³/mol. The summed E-state index contributed by atoms with van der Waals surface area (Å²) >= 11 is 13.9. The van der Waals surface area contributed by atoms with Gasteiger partial charge < -0.3 is 30.2 Å². The Morgan fingerprint density at radius 3 is 2.58 bits per heavy atom. The molecule has 0 saturated heterocycles. The van der Waals surface area contributed by atoms with E-state index < -0.39 is 5.97 Å². The number of benzene rings is 1. The molecule has 1 amide bonds. The summed E-state index contributed by atoms with van der Waals surface area (Å²) in [5.41, 5.74) is 5.36. The number of aliphatic hydroxyl groups is 1. The number of aliphatic carboxylic acids is 1. The number of halogens is 2. The number of fused-ring (bicyclic) bond motifs is 1. The fraction of sp³-hybridized carbons (Fsp3) is 0.417. The first-order valence-corrected chi connectivity index (χ1v) is 17.5. The number of aliphatic hydroxyl groups excluding tert-OH is 1. The minimum atomic E-state index is -0.686. The van der Waals surface area contributed by atoms with Crippen molar-refractivity contribution in [2.75, 3.05) is 38.7 Å². The maximum Gasteiger partial charge on any atom is 0.306 e. The van der Waals surface area contributed by atoms with Crippen molar-refractivity contribution in [2.45, 2.75) is 45.2 Å². The minimum absolute atomic E-state index is 0.0296. The smallest absolute Gasteiger partial charge is 0.306 e. The largest absolute Gasteiger partial charge is 0.481 e. The second-order valence-corrected chi connectivity index (χ2v) is 13.6. The number of hydrogen-bond acceptors (Lipinski definition) is 9. The molecule has 14 heteroatoms. The SMILES string of the molecule is COc1nc(-c2ccnc(-c3cccc(NC(=O)c4nc5c(n4C)CCN(C[C@H]4CC[C@@H](C(=O)O)CC4)C5)c3Cl)c2Cl)ccc1CNCCO. The van der Waals surface area contributed by atoms with E-state index in [9.17, 15) is 14.7 Å². The fourth-order valence-electron chi connectivity index (χ4n) is 6.95. The summed E-state index contributed by atoms with van der Waals surface area (Å²) in [5.74, 6) is -0.0733. The molecular weight excluding hydrogens is 681 g/mol. The van der Waals surface area contributed by atoms with Gasteiger partial charge >= 0.3 is 5.97 Å². The minimum Gasteiger partial charge on any atom is -0.481 e. The number of pyridine rings is 2. The topological polar surface area (TPSA) is 155 Å². The number of hydrogen-bond donors (Lipinski definition) is 4. The van der Waals surface area contributed by atoms with Crippen LogP contribution in [0, 0.1) is 11.8 Å². The van der Waals surface area contributed by atoms with Crippen LogP contribution in [0.3, 0.4) is 0 Å². The van der Waals surface area contributed by atoms with Crippen molar-refractivity contribution in [3.05, 3.63) is 75.4 Å². The number of carboxylic acids is 1. The lowest BCUT2D eigenvalue weighted by atomic mass is 9.81. The zero-order valence-corrected chi connectivity index (χ0v) is 29.6. The Hall–Kier alpha value is -4.07. The van der Waals surface area contributed by atoms with E-state index in [0.29, 0.717) is 70.5 Å². The van der Waals surface area contributed by atoms with Crippen molar-refractivity contribution in [2.24, 2.45) is 18.9 Å². The van der Waals surface area contributed by atoms with Crippen LogP contribution in [0.4, 0.5) is 5.69 Å². The summed E-state index contributed by atoms with van der Waals surface area (Å²) in [5, 5.41) is 25.1. The number of aromatic nitrogens is 4. The Morgan fingerprint density at radius 2 is 1.84 bits per heavy atom. The van der Waals surface area contributed by atoms with E-state index in [1.807, 2.05) is 23.7 Å². The Kier molecular flexibility index (Phi) is 11.3. The lowest BCUT2D eigenvalue weighted by Gasteiger charge is -2.33. The van der Waals surface area contributed by atoms with E-state index >= 15 is 0 Å². The number of carboxylic acid groups (broad SMARTS) is 1. The number of carbonyl (C=O) groups excluding carboxylic acids is 1. The Labute approximate surface area is 300 Å². The molecule has 4 heterocycles. The van der Waals surface area contributed by atoms with Gasteiger partial charge in [0.05, 0.1) is 52.4 Å². The van der Waals surface area contributed by atoms with Gasteiger partial charge in [-0.25, -0.2) is 9.97 Å². The lowest BCUT2D eigenvalue weighted by molar-refractivity contribution is -0.143. The summed E-state index contributed by atoms with van der Waals surface area (Å²) < 4.78 is 7.38. The summed E-state index contributed by atoms with van der Waals surface area (Å²) in [6, 6.07) is 10.8. The Bertz CT molecular complexity index is 1880. The van der Waals surface area contributed by atoms with Crippen LogP contribution in [0.15, 0.2) is 42.6 Å². The van der Waals surface area contributed by atoms with E-state index in [0.717, 1.165) is 62.1 Å². The van der Waals surface area contributed by atoms with Gasteiger partial charge in [0.2, 0.25) is 5.88 Å². The molecule has 1 fully saturated rings. The highest BCUT2D eigenvalue weighted by Gasteiger charge is 2.30. The third-order valence-corrected chi connectivity index (χ3v) is 10.4. The second kappa shape index (κ2) is 15.9. The molecule has 2 aliphatic rings. The summed E-state index contributed by atoms with van der Waals surface area (Å²) in [6.07, 6.45) is 5.71. The molecule has 1 saturated carbocycles. The van der Waals surface area contributed by atoms with Crippen LogP contribution in [-0.4, -0.2) is 79.9 Å². The zero-order valence-electron chi connectivity index (χ0n) is 28.1. The van der Waals surface area contributed by atoms with Gasteiger partial charge in [-0.05, 0) is 49.8 Å². The molecule has 0 unspecified atom stereocenters. The van der Waals surface area contributed by atoms with Crippen molar-refractivity contribution >= 4 is 40.8 Å². The van der Waals surface area contributed by atoms with Crippen LogP contribution in [0.5, 0.6) is 5.88 Å². The normalized spacial score (nSPS) is 17.7. The molecule has 0 spiro atoms. The number of nitrogens with one attached hydrogen (secondary N) is 2. The lowest BCUT2D eigenvalue weighted by Crippen LogP contribution is -2.36. The molecule has 50 heavy (non-hydrogen) atoms. The van der Waals surface area contributed by atoms with Gasteiger partial charge in [-0.15, -0.1) is 0 Å². The molecule has 1 aromatic carbocycles. The predicted octanol–water partition coefficient (Wildman–Crippen LogP) is 5.44. The van der Waals surface area contributed by atoms with Crippen molar-refractivity contribution in [3.63, 3.8) is 0 Å². The third kappa shape index (κ3) is 7.64. The van der Waals surface area contributed by atoms with Crippen LogP contribution in [0.25, 0.3) is 22.5 Å². The number of anilines is 1. The average Bonchev–Trinajstić information content (AvgIpc) is 3.45. The number of rotatable bonds is 12. The number of ether oxygens (including phenoxy) is 1. The average molecular weight is 723 g/mol. The second-order valence-electron chi connectivity index (χ2n) is 12.8. The zero-order chi connectivity index (χ0) is 35.4. The van der Waals surface area contributed by atoms with Gasteiger partial charge in [0.1, 0.15) is 0 Å². The maximum atomic E-state index is 13.6. The molecule has 1 aliphatic heterocycles. The summed E-state index contributed by atoms with van der Waals surface area (Å²) in [7, 11) is 3.41. The first-order chi connectivity index (χ1) is 24.2. The molecule has 6 rings (SSSR count). The molecule has 0 atom stereocenters. The van der Waals surface area contributed by atoms with Gasteiger partial charge in [0.25, 0.3) is 5.91 Å². The monoisotopic (exact) mass is 721 g/mol. The molecule has 0 bridgehead atoms. The molecule has 0 radical (unpaired) electrons. The number of carbonyl (C=O) groups is 2. The highest BCUT2D eigenvalue weighted by molar-refractivity contribution is 6.39. The molecule has 1 aliphatic carbocycles. The third-order valence-electron chi connectivity index (χ3n) is 9.65. The van der Waals surface area contributed by atoms with Crippen LogP contribution in [0.1, 0.15) is 53.3 Å². The first kappa shape index (κ1) is 35.7. The first-order valence-electron chi connectivity index (χ1n) is 16.8. The summed E-state index contributed by atoms with van der Waals surface area (Å²) in [4.78, 5) is 41.3. The molecule has 264 valence electrons. The van der Waals surface area contributed by atoms with Crippen molar-refractivity contribution in [1.29, 1.82) is 0 Å². The van der Waals surface area contributed by atoms with Gasteiger partial charge in [-0.2, -0.15) is 0 Å². The van der Waals surface area contributed by atoms with Gasteiger partial charge in [0, 0.05) is 74.8 Å². The molecule has 4 aromatic rings. The molecule has 3 aromatic heterocycles. The van der Waals surface area contributed by atoms with E-state index in [4.69, 9.17) is 38.0 Å². The van der Waals surface area contributed by atoms with Crippen molar-refractivity contribution < 1.29 is 24.5 Å². The Balaban J connectivity index is 1.17. The van der Waals surface area contributed by atoms with Crippen LogP contribution >= 0.6 is 23.2 Å². The Morgan fingerprint density at radius 1 is 1.04 bits per heavy atom. The number of methoxy groups -OCH3 is 1. The number of nitrogens with zero attached hydrogens (tertiary/aromatic N) is 5. The van der Waals surface area contributed by atoms with E-state index in [1.54, 1.807) is 37.6 Å². The number of imidazole rings is 1. The molecule has 12 nitrogen and oxygen atoms in total. The van der Waals surface area contributed by atoms with Crippen molar-refractivity contribution in [3.8, 4) is 28.4 Å². The van der Waals surface area contributed by atoms with E-state index in [-0.39, 0.29) is 23.5 Å². The standard InChI is InChI=1S/C36H41Cl2N7O5/c1-44-29-13-16-45(19-21-6-8-22(9-7-21)36(48)49)20-28(29)41-33(44)34(47)42-27-5-3-4-25(30(27)37)32-31(38)24(12-14-40-32)26-11-10-23(18-39-15-17-46)35(43-26)50-2/h3-5,10-12,14,21-22,39,46H,6-9,13,15-20H2,1-2H3,(H,42,47)(H,48,49)/t21-,22+. The fourth-order valence-corrected chi connectivity index (χ4v) is 7.52. The van der Waals surface area contributed by atoms with Crippen molar-refractivity contribution in [1.82, 2.24) is 29.7 Å². The highest BCUT2D eigenvalue weighted by atomic mass is 35.5. The van der Waals surface area contributed by atoms with Crippen LogP contribution < -0.4 is 15.4 Å². The molecule has 4 N–H and O–H groups in total.